The number of primary sulfonamides is 1. The maximum atomic E-state index is 13.6. The van der Waals surface area contributed by atoms with Gasteiger partial charge >= 0.3 is 0 Å². The molecule has 0 saturated carbocycles. The number of sulfonamides is 1. The molecule has 4 nitrogen and oxygen atoms in total. The zero-order valence-electron chi connectivity index (χ0n) is 10.1. The maximum Gasteiger partial charge on any atom is 0.238 e. The smallest absolute Gasteiger partial charge is 0.238 e. The van der Waals surface area contributed by atoms with Crippen LogP contribution in [0, 0.1) is 11.2 Å². The number of hydrogen-bond acceptors (Lipinski definition) is 3. The van der Waals surface area contributed by atoms with Gasteiger partial charge in [-0.25, -0.2) is 17.9 Å². The molecule has 0 amide bonds. The van der Waals surface area contributed by atoms with Crippen LogP contribution in [0.5, 0.6) is 0 Å². The van der Waals surface area contributed by atoms with Crippen molar-refractivity contribution in [2.24, 2.45) is 10.6 Å². The highest BCUT2D eigenvalue weighted by atomic mass is 32.2. The fourth-order valence-electron chi connectivity index (χ4n) is 1.18. The largest absolute Gasteiger partial charge is 0.382 e. The summed E-state index contributed by atoms with van der Waals surface area (Å²) < 4.78 is 35.6. The lowest BCUT2D eigenvalue weighted by Crippen LogP contribution is -2.20. The van der Waals surface area contributed by atoms with Crippen molar-refractivity contribution in [2.45, 2.75) is 25.7 Å². The number of anilines is 1. The Labute approximate surface area is 101 Å². The van der Waals surface area contributed by atoms with Crippen LogP contribution in [0.15, 0.2) is 23.1 Å². The predicted molar refractivity (Wildman–Crippen MR) is 65.7 cm³/mol. The van der Waals surface area contributed by atoms with Gasteiger partial charge in [0, 0.05) is 6.54 Å². The van der Waals surface area contributed by atoms with Crippen molar-refractivity contribution < 1.29 is 12.8 Å². The number of rotatable bonds is 3. The number of benzene rings is 1. The molecule has 0 atom stereocenters. The first-order chi connectivity index (χ1) is 7.59. The average Bonchev–Trinajstić information content (AvgIpc) is 2.12. The molecule has 0 unspecified atom stereocenters. The molecule has 0 radical (unpaired) electrons. The molecule has 6 heteroatoms. The summed E-state index contributed by atoms with van der Waals surface area (Å²) in [5, 5.41) is 7.82. The highest BCUT2D eigenvalue weighted by Crippen LogP contribution is 2.20. The first-order valence-electron chi connectivity index (χ1n) is 5.16. The van der Waals surface area contributed by atoms with E-state index in [4.69, 9.17) is 5.14 Å². The molecular weight excluding hydrogens is 243 g/mol. The van der Waals surface area contributed by atoms with Crippen LogP contribution in [0.3, 0.4) is 0 Å². The van der Waals surface area contributed by atoms with E-state index in [0.29, 0.717) is 6.54 Å². The van der Waals surface area contributed by atoms with Crippen molar-refractivity contribution in [3.63, 3.8) is 0 Å². The maximum absolute atomic E-state index is 13.6. The Bertz CT molecular complexity index is 507. The molecule has 0 aliphatic heterocycles. The van der Waals surface area contributed by atoms with Gasteiger partial charge in [0.05, 0.1) is 10.6 Å². The van der Waals surface area contributed by atoms with Gasteiger partial charge < -0.3 is 5.32 Å². The van der Waals surface area contributed by atoms with Crippen LogP contribution in [0.25, 0.3) is 0 Å². The van der Waals surface area contributed by atoms with E-state index in [9.17, 15) is 12.8 Å². The van der Waals surface area contributed by atoms with Gasteiger partial charge in [0.15, 0.2) is 0 Å². The molecule has 1 aromatic carbocycles. The van der Waals surface area contributed by atoms with Gasteiger partial charge in [-0.2, -0.15) is 0 Å². The summed E-state index contributed by atoms with van der Waals surface area (Å²) in [6.45, 7) is 6.61. The second-order valence-corrected chi connectivity index (χ2v) is 6.66. The lowest BCUT2D eigenvalue weighted by molar-refractivity contribution is 0.442. The van der Waals surface area contributed by atoms with Crippen molar-refractivity contribution in [3.05, 3.63) is 24.0 Å². The third kappa shape index (κ3) is 4.32. The van der Waals surface area contributed by atoms with Crippen molar-refractivity contribution >= 4 is 15.7 Å². The van der Waals surface area contributed by atoms with Gasteiger partial charge in [0.1, 0.15) is 5.82 Å². The molecule has 0 fully saturated rings. The first-order valence-corrected chi connectivity index (χ1v) is 6.70. The van der Waals surface area contributed by atoms with E-state index in [2.05, 4.69) is 5.32 Å². The Morgan fingerprint density at radius 1 is 1.35 bits per heavy atom. The lowest BCUT2D eigenvalue weighted by atomic mass is 9.97. The van der Waals surface area contributed by atoms with Gasteiger partial charge in [0.2, 0.25) is 10.0 Å². The van der Waals surface area contributed by atoms with Crippen LogP contribution in [-0.2, 0) is 10.0 Å². The molecule has 96 valence electrons. The minimum Gasteiger partial charge on any atom is -0.382 e. The third-order valence-electron chi connectivity index (χ3n) is 2.08. The lowest BCUT2D eigenvalue weighted by Gasteiger charge is -2.20. The highest BCUT2D eigenvalue weighted by molar-refractivity contribution is 7.89. The van der Waals surface area contributed by atoms with Crippen LogP contribution in [0.4, 0.5) is 10.1 Å². The van der Waals surface area contributed by atoms with Gasteiger partial charge in [-0.05, 0) is 23.6 Å². The Balaban J connectivity index is 2.92. The summed E-state index contributed by atoms with van der Waals surface area (Å²) in [7, 11) is -3.85. The van der Waals surface area contributed by atoms with Crippen LogP contribution in [-0.4, -0.2) is 15.0 Å². The topological polar surface area (TPSA) is 72.2 Å². The van der Waals surface area contributed by atoms with E-state index >= 15 is 0 Å². The van der Waals surface area contributed by atoms with Crippen LogP contribution in [0.1, 0.15) is 20.8 Å². The molecule has 0 spiro atoms. The van der Waals surface area contributed by atoms with Crippen molar-refractivity contribution in [1.82, 2.24) is 0 Å². The summed E-state index contributed by atoms with van der Waals surface area (Å²) in [4.78, 5) is -0.226. The average molecular weight is 260 g/mol. The Morgan fingerprint density at radius 2 is 1.94 bits per heavy atom. The first kappa shape index (κ1) is 13.9. The third-order valence-corrected chi connectivity index (χ3v) is 2.99. The molecule has 1 rings (SSSR count). The van der Waals surface area contributed by atoms with E-state index in [0.717, 1.165) is 6.07 Å². The highest BCUT2D eigenvalue weighted by Gasteiger charge is 2.14. The second kappa shape index (κ2) is 4.62. The fraction of sp³-hybridized carbons (Fsp3) is 0.455. The number of hydrogen-bond donors (Lipinski definition) is 2. The molecule has 0 heterocycles. The van der Waals surface area contributed by atoms with Gasteiger partial charge in [-0.3, -0.25) is 0 Å². The van der Waals surface area contributed by atoms with Crippen molar-refractivity contribution in [3.8, 4) is 0 Å². The van der Waals surface area contributed by atoms with E-state index < -0.39 is 15.8 Å². The summed E-state index contributed by atoms with van der Waals surface area (Å²) >= 11 is 0. The molecule has 1 aromatic rings. The SMILES string of the molecule is CC(C)(C)CNc1ccc(S(N)(=O)=O)cc1F. The van der Waals surface area contributed by atoms with E-state index in [1.807, 2.05) is 20.8 Å². The summed E-state index contributed by atoms with van der Waals surface area (Å²) in [5.41, 5.74) is 0.276. The zero-order chi connectivity index (χ0) is 13.3. The van der Waals surface area contributed by atoms with Crippen LogP contribution < -0.4 is 10.5 Å². The standard InChI is InChI=1S/C11H17FN2O2S/c1-11(2,3)7-14-10-5-4-8(6-9(10)12)17(13,15)16/h4-6,14H,7H2,1-3H3,(H2,13,15,16). The Morgan fingerprint density at radius 3 is 2.35 bits per heavy atom. The molecule has 0 aliphatic rings. The Hall–Kier alpha value is -1.14. The van der Waals surface area contributed by atoms with E-state index in [-0.39, 0.29) is 16.0 Å². The zero-order valence-corrected chi connectivity index (χ0v) is 10.9. The van der Waals surface area contributed by atoms with E-state index in [1.165, 1.54) is 12.1 Å². The van der Waals surface area contributed by atoms with Gasteiger partial charge in [-0.15, -0.1) is 0 Å². The molecule has 17 heavy (non-hydrogen) atoms. The fourth-order valence-corrected chi connectivity index (χ4v) is 1.70. The summed E-state index contributed by atoms with van der Waals surface area (Å²) in [6.07, 6.45) is 0. The van der Waals surface area contributed by atoms with Crippen LogP contribution in [0.2, 0.25) is 0 Å². The summed E-state index contributed by atoms with van der Waals surface area (Å²) in [5.74, 6) is -0.624. The minimum absolute atomic E-state index is 0.00502. The quantitative estimate of drug-likeness (QED) is 0.872. The predicted octanol–water partition coefficient (Wildman–Crippen LogP) is 1.93. The van der Waals surface area contributed by atoms with Crippen molar-refractivity contribution in [1.29, 1.82) is 0 Å². The normalized spacial score (nSPS) is 12.5. The number of halogens is 1. The van der Waals surface area contributed by atoms with Crippen LogP contribution >= 0.6 is 0 Å². The molecule has 0 aliphatic carbocycles. The summed E-state index contributed by atoms with van der Waals surface area (Å²) in [6, 6.07) is 3.57. The monoisotopic (exact) mass is 260 g/mol. The molecule has 0 saturated heterocycles. The number of nitrogens with two attached hydrogens (primary N) is 1. The number of nitrogens with one attached hydrogen (secondary N) is 1. The minimum atomic E-state index is -3.85. The molecule has 0 aromatic heterocycles. The van der Waals surface area contributed by atoms with E-state index in [1.54, 1.807) is 0 Å². The molecular formula is C11H17FN2O2S. The molecule has 3 N–H and O–H groups in total. The van der Waals surface area contributed by atoms with Gasteiger partial charge in [0.25, 0.3) is 0 Å². The van der Waals surface area contributed by atoms with Crippen molar-refractivity contribution in [2.75, 3.05) is 11.9 Å². The molecule has 0 bridgehead atoms. The Kier molecular flexibility index (Phi) is 3.78. The second-order valence-electron chi connectivity index (χ2n) is 5.10. The van der Waals surface area contributed by atoms with Gasteiger partial charge in [-0.1, -0.05) is 20.8 Å².